The first-order chi connectivity index (χ1) is 10.6. The summed E-state index contributed by atoms with van der Waals surface area (Å²) in [7, 11) is 0. The third kappa shape index (κ3) is 7.17. The third-order valence-electron chi connectivity index (χ3n) is 2.49. The van der Waals surface area contributed by atoms with Crippen LogP contribution >= 0.6 is 23.2 Å². The Morgan fingerprint density at radius 2 is 1.86 bits per heavy atom. The largest absolute Gasteiger partial charge is 0.472 e. The second kappa shape index (κ2) is 10.5. The van der Waals surface area contributed by atoms with Crippen molar-refractivity contribution < 1.29 is 19.0 Å². The fraction of sp³-hybridized carbons (Fsp3) is 0.500. The summed E-state index contributed by atoms with van der Waals surface area (Å²) >= 11 is 11.7. The number of nitrogens with one attached hydrogen (secondary N) is 2. The van der Waals surface area contributed by atoms with E-state index in [0.717, 1.165) is 0 Å². The van der Waals surface area contributed by atoms with Crippen molar-refractivity contribution in [2.75, 3.05) is 26.5 Å². The molecule has 0 saturated heterocycles. The molecule has 0 bridgehead atoms. The van der Waals surface area contributed by atoms with Crippen molar-refractivity contribution in [1.29, 1.82) is 0 Å². The van der Waals surface area contributed by atoms with Crippen LogP contribution in [0.3, 0.4) is 0 Å². The van der Waals surface area contributed by atoms with Gasteiger partial charge in [-0.05, 0) is 32.0 Å². The third-order valence-corrected chi connectivity index (χ3v) is 3.02. The van der Waals surface area contributed by atoms with Crippen molar-refractivity contribution >= 4 is 29.2 Å². The molecule has 8 heteroatoms. The Bertz CT molecular complexity index is 468. The number of amides is 2. The summed E-state index contributed by atoms with van der Waals surface area (Å²) in [5.41, 5.74) is 0. The molecule has 0 fully saturated rings. The molecule has 0 heterocycles. The molecule has 1 aromatic rings. The molecule has 0 radical (unpaired) electrons. The highest BCUT2D eigenvalue weighted by atomic mass is 35.5. The van der Waals surface area contributed by atoms with Crippen LogP contribution in [0.25, 0.3) is 0 Å². The van der Waals surface area contributed by atoms with Crippen LogP contribution < -0.4 is 15.4 Å². The zero-order chi connectivity index (χ0) is 16.4. The monoisotopic (exact) mass is 350 g/mol. The molecule has 0 spiro atoms. The number of halogens is 2. The highest BCUT2D eigenvalue weighted by Gasteiger charge is 2.10. The lowest BCUT2D eigenvalue weighted by Gasteiger charge is -2.17. The molecule has 0 unspecified atom stereocenters. The van der Waals surface area contributed by atoms with E-state index in [-0.39, 0.29) is 13.3 Å². The minimum absolute atomic E-state index is 0.0267. The maximum absolute atomic E-state index is 11.6. The molecule has 2 N–H and O–H groups in total. The van der Waals surface area contributed by atoms with Crippen molar-refractivity contribution in [3.8, 4) is 5.75 Å². The Morgan fingerprint density at radius 1 is 1.18 bits per heavy atom. The number of ether oxygens (including phenoxy) is 3. The molecule has 1 rings (SSSR count). The number of hydrogen-bond donors (Lipinski definition) is 2. The van der Waals surface area contributed by atoms with Gasteiger partial charge in [-0.3, -0.25) is 0 Å². The zero-order valence-corrected chi connectivity index (χ0v) is 14.0. The highest BCUT2D eigenvalue weighted by Crippen LogP contribution is 2.27. The minimum Gasteiger partial charge on any atom is -0.472 e. The smallest absolute Gasteiger partial charge is 0.317 e. The van der Waals surface area contributed by atoms with Crippen LogP contribution in [0.1, 0.15) is 13.8 Å². The van der Waals surface area contributed by atoms with Crippen LogP contribution in [0.15, 0.2) is 18.2 Å². The fourth-order valence-corrected chi connectivity index (χ4v) is 2.01. The molecule has 124 valence electrons. The molecule has 0 aromatic heterocycles. The van der Waals surface area contributed by atoms with Gasteiger partial charge in [0, 0.05) is 18.2 Å². The topological polar surface area (TPSA) is 68.8 Å². The Labute approximate surface area is 140 Å². The predicted octanol–water partition coefficient (Wildman–Crippen LogP) is 3.03. The number of rotatable bonds is 9. The molecule has 0 atom stereocenters. The summed E-state index contributed by atoms with van der Waals surface area (Å²) in [4.78, 5) is 11.6. The number of urea groups is 1. The summed E-state index contributed by atoms with van der Waals surface area (Å²) in [5, 5.41) is 6.06. The first-order valence-electron chi connectivity index (χ1n) is 6.89. The van der Waals surface area contributed by atoms with E-state index in [1.165, 1.54) is 0 Å². The van der Waals surface area contributed by atoms with Crippen molar-refractivity contribution in [3.05, 3.63) is 28.2 Å². The van der Waals surface area contributed by atoms with Gasteiger partial charge < -0.3 is 24.8 Å². The van der Waals surface area contributed by atoms with E-state index in [1.54, 1.807) is 18.2 Å². The van der Waals surface area contributed by atoms with Crippen LogP contribution in [0.4, 0.5) is 4.79 Å². The van der Waals surface area contributed by atoms with E-state index >= 15 is 0 Å². The summed E-state index contributed by atoms with van der Waals surface area (Å²) in [6.45, 7) is 4.94. The average molecular weight is 351 g/mol. The summed E-state index contributed by atoms with van der Waals surface area (Å²) < 4.78 is 16.0. The molecule has 2 amide bonds. The van der Waals surface area contributed by atoms with Crippen LogP contribution in [-0.4, -0.2) is 38.8 Å². The quantitative estimate of drug-likeness (QED) is 0.671. The van der Waals surface area contributed by atoms with Gasteiger partial charge in [0.15, 0.2) is 13.0 Å². The van der Waals surface area contributed by atoms with Gasteiger partial charge >= 0.3 is 6.03 Å². The second-order valence-electron chi connectivity index (χ2n) is 4.09. The van der Waals surface area contributed by atoms with E-state index in [1.807, 2.05) is 13.8 Å². The van der Waals surface area contributed by atoms with Gasteiger partial charge in [-0.25, -0.2) is 4.79 Å². The Balaban J connectivity index is 2.28. The Morgan fingerprint density at radius 3 is 2.45 bits per heavy atom. The normalized spacial score (nSPS) is 10.6. The number of benzene rings is 1. The van der Waals surface area contributed by atoms with Crippen LogP contribution in [0.2, 0.25) is 10.0 Å². The fourth-order valence-electron chi connectivity index (χ4n) is 1.55. The number of hydrogen-bond acceptors (Lipinski definition) is 4. The van der Waals surface area contributed by atoms with Crippen molar-refractivity contribution in [1.82, 2.24) is 10.6 Å². The van der Waals surface area contributed by atoms with Gasteiger partial charge in [0.05, 0.1) is 11.6 Å². The summed E-state index contributed by atoms with van der Waals surface area (Å²) in [6.07, 6.45) is -0.465. The SMILES string of the molecule is CCOC(CNC(=O)NCOc1ccc(Cl)cc1Cl)OCC. The van der Waals surface area contributed by atoms with Crippen molar-refractivity contribution in [2.45, 2.75) is 20.1 Å². The standard InChI is InChI=1S/C14H20Cl2N2O4/c1-3-20-13(21-4-2)8-17-14(19)18-9-22-12-6-5-10(15)7-11(12)16/h5-7,13H,3-4,8-9H2,1-2H3,(H2,17,18,19). The van der Waals surface area contributed by atoms with E-state index < -0.39 is 12.3 Å². The lowest BCUT2D eigenvalue weighted by atomic mass is 10.3. The van der Waals surface area contributed by atoms with Gasteiger partial charge in [-0.15, -0.1) is 0 Å². The van der Waals surface area contributed by atoms with Crippen LogP contribution in [-0.2, 0) is 9.47 Å². The zero-order valence-electron chi connectivity index (χ0n) is 12.5. The molecule has 0 aliphatic rings. The van der Waals surface area contributed by atoms with E-state index in [9.17, 15) is 4.79 Å². The van der Waals surface area contributed by atoms with Gasteiger partial charge in [0.25, 0.3) is 0 Å². The van der Waals surface area contributed by atoms with Gasteiger partial charge in [0.1, 0.15) is 5.75 Å². The Hall–Kier alpha value is -1.21. The summed E-state index contributed by atoms with van der Waals surface area (Å²) in [5.74, 6) is 0.438. The van der Waals surface area contributed by atoms with Gasteiger partial charge in [-0.1, -0.05) is 23.2 Å². The maximum Gasteiger partial charge on any atom is 0.317 e. The number of carbonyl (C=O) groups is 1. The van der Waals surface area contributed by atoms with E-state index in [2.05, 4.69) is 10.6 Å². The number of carbonyl (C=O) groups excluding carboxylic acids is 1. The summed E-state index contributed by atoms with van der Waals surface area (Å²) in [6, 6.07) is 4.45. The van der Waals surface area contributed by atoms with E-state index in [4.69, 9.17) is 37.4 Å². The van der Waals surface area contributed by atoms with Gasteiger partial charge in [-0.2, -0.15) is 0 Å². The molecule has 6 nitrogen and oxygen atoms in total. The second-order valence-corrected chi connectivity index (χ2v) is 4.93. The van der Waals surface area contributed by atoms with Crippen LogP contribution in [0.5, 0.6) is 5.75 Å². The molecule has 0 aliphatic carbocycles. The minimum atomic E-state index is -0.465. The van der Waals surface area contributed by atoms with Crippen molar-refractivity contribution in [2.24, 2.45) is 0 Å². The molecule has 0 saturated carbocycles. The molecular formula is C14H20Cl2N2O4. The lowest BCUT2D eigenvalue weighted by Crippen LogP contribution is -2.42. The van der Waals surface area contributed by atoms with Crippen LogP contribution in [0, 0.1) is 0 Å². The molecular weight excluding hydrogens is 331 g/mol. The maximum atomic E-state index is 11.6. The van der Waals surface area contributed by atoms with Crippen molar-refractivity contribution in [3.63, 3.8) is 0 Å². The molecule has 1 aromatic carbocycles. The highest BCUT2D eigenvalue weighted by molar-refractivity contribution is 6.35. The molecule has 22 heavy (non-hydrogen) atoms. The lowest BCUT2D eigenvalue weighted by molar-refractivity contribution is -0.131. The predicted molar refractivity (Wildman–Crippen MR) is 85.5 cm³/mol. The molecule has 0 aliphatic heterocycles. The Kier molecular flexibility index (Phi) is 9.00. The van der Waals surface area contributed by atoms with E-state index in [0.29, 0.717) is 29.0 Å². The van der Waals surface area contributed by atoms with Gasteiger partial charge in [0.2, 0.25) is 0 Å². The first-order valence-corrected chi connectivity index (χ1v) is 7.65. The first kappa shape index (κ1) is 18.8. The average Bonchev–Trinajstić information content (AvgIpc) is 2.47.